The Labute approximate surface area is 154 Å². The van der Waals surface area contributed by atoms with Gasteiger partial charge in [-0.2, -0.15) is 0 Å². The van der Waals surface area contributed by atoms with Crippen molar-refractivity contribution in [1.82, 2.24) is 9.47 Å². The van der Waals surface area contributed by atoms with Gasteiger partial charge in [0, 0.05) is 44.2 Å². The van der Waals surface area contributed by atoms with Crippen LogP contribution in [0.1, 0.15) is 23.3 Å². The van der Waals surface area contributed by atoms with Crippen LogP contribution in [0.4, 0.5) is 10.1 Å². The van der Waals surface area contributed by atoms with E-state index in [1.807, 2.05) is 23.4 Å². The number of carboxylic acid groups (broad SMARTS) is 1. The average molecular weight is 377 g/mol. The van der Waals surface area contributed by atoms with Crippen LogP contribution in [0.3, 0.4) is 0 Å². The maximum absolute atomic E-state index is 15.1. The van der Waals surface area contributed by atoms with Crippen LogP contribution in [0.15, 0.2) is 22.0 Å². The fourth-order valence-corrected chi connectivity index (χ4v) is 4.97. The van der Waals surface area contributed by atoms with Gasteiger partial charge < -0.3 is 19.5 Å². The molecule has 1 aromatic heterocycles. The van der Waals surface area contributed by atoms with Gasteiger partial charge in [0.2, 0.25) is 5.43 Å². The number of halogens is 1. The number of hydrogen-bond acceptors (Lipinski definition) is 5. The fraction of sp³-hybridized carbons (Fsp3) is 0.444. The topological polar surface area (TPSA) is 65.8 Å². The normalized spacial score (nSPS) is 20.6. The summed E-state index contributed by atoms with van der Waals surface area (Å²) in [5.74, 6) is -1.03. The molecule has 138 valence electrons. The second kappa shape index (κ2) is 6.28. The van der Waals surface area contributed by atoms with Gasteiger partial charge in [0.05, 0.1) is 21.5 Å². The SMILES string of the molecule is C[C@H]1CSc2c(N3CCN(C)CC3)c(F)cc3c(=O)c(C(=O)O)cn1c23. The van der Waals surface area contributed by atoms with Crippen LogP contribution in [0.2, 0.25) is 0 Å². The standard InChI is InChI=1S/C18H20FN3O3S/c1-10-9-26-17-14-11(16(23)12(18(24)25)8-22(10)14)7-13(19)15(17)21-5-3-20(2)4-6-21/h7-8,10H,3-6,9H2,1-2H3,(H,24,25)/t10-/m0/s1. The number of benzene rings is 1. The summed E-state index contributed by atoms with van der Waals surface area (Å²) in [6, 6.07) is 1.25. The predicted octanol–water partition coefficient (Wildman–Crippen LogP) is 2.26. The Morgan fingerprint density at radius 1 is 1.31 bits per heavy atom. The van der Waals surface area contributed by atoms with Crippen LogP contribution >= 0.6 is 11.8 Å². The first-order valence-electron chi connectivity index (χ1n) is 8.59. The van der Waals surface area contributed by atoms with E-state index in [4.69, 9.17) is 0 Å². The van der Waals surface area contributed by atoms with Gasteiger partial charge in [0.15, 0.2) is 0 Å². The zero-order valence-corrected chi connectivity index (χ0v) is 15.5. The van der Waals surface area contributed by atoms with E-state index in [9.17, 15) is 14.7 Å². The van der Waals surface area contributed by atoms with Crippen molar-refractivity contribution < 1.29 is 14.3 Å². The van der Waals surface area contributed by atoms with E-state index in [2.05, 4.69) is 4.90 Å². The third-order valence-electron chi connectivity index (χ3n) is 5.19. The van der Waals surface area contributed by atoms with Crippen molar-refractivity contribution in [3.63, 3.8) is 0 Å². The van der Waals surface area contributed by atoms with Crippen LogP contribution in [-0.4, -0.2) is 59.5 Å². The Bertz CT molecular complexity index is 967. The van der Waals surface area contributed by atoms with E-state index in [1.165, 1.54) is 12.3 Å². The lowest BCUT2D eigenvalue weighted by atomic mass is 10.1. The second-order valence-corrected chi connectivity index (χ2v) is 8.00. The summed E-state index contributed by atoms with van der Waals surface area (Å²) < 4.78 is 16.9. The number of hydrogen-bond donors (Lipinski definition) is 1. The summed E-state index contributed by atoms with van der Waals surface area (Å²) in [6.45, 7) is 5.12. The Morgan fingerprint density at radius 2 is 2.00 bits per heavy atom. The predicted molar refractivity (Wildman–Crippen MR) is 100 cm³/mol. The molecule has 1 atom stereocenters. The maximum Gasteiger partial charge on any atom is 0.341 e. The number of carboxylic acids is 1. The summed E-state index contributed by atoms with van der Waals surface area (Å²) in [6.07, 6.45) is 1.41. The molecule has 1 aromatic carbocycles. The van der Waals surface area contributed by atoms with Gasteiger partial charge in [-0.1, -0.05) is 0 Å². The fourth-order valence-electron chi connectivity index (χ4n) is 3.69. The molecule has 0 radical (unpaired) electrons. The molecule has 8 heteroatoms. The number of rotatable bonds is 2. The van der Waals surface area contributed by atoms with Crippen molar-refractivity contribution in [2.75, 3.05) is 43.9 Å². The lowest BCUT2D eigenvalue weighted by Crippen LogP contribution is -2.45. The van der Waals surface area contributed by atoms with E-state index < -0.39 is 17.2 Å². The first-order valence-corrected chi connectivity index (χ1v) is 9.58. The van der Waals surface area contributed by atoms with Gasteiger partial charge >= 0.3 is 5.97 Å². The average Bonchev–Trinajstić information content (AvgIpc) is 2.60. The third kappa shape index (κ3) is 2.59. The molecule has 4 rings (SSSR count). The molecule has 0 bridgehead atoms. The van der Waals surface area contributed by atoms with E-state index in [-0.39, 0.29) is 17.0 Å². The van der Waals surface area contributed by atoms with Crippen molar-refractivity contribution >= 4 is 34.3 Å². The van der Waals surface area contributed by atoms with E-state index >= 15 is 4.39 Å². The van der Waals surface area contributed by atoms with Gasteiger partial charge in [-0.05, 0) is 20.0 Å². The first-order chi connectivity index (χ1) is 12.4. The highest BCUT2D eigenvalue weighted by atomic mass is 32.2. The van der Waals surface area contributed by atoms with E-state index in [1.54, 1.807) is 11.8 Å². The molecule has 1 N–H and O–H groups in total. The van der Waals surface area contributed by atoms with E-state index in [0.717, 1.165) is 31.1 Å². The van der Waals surface area contributed by atoms with Crippen LogP contribution in [0, 0.1) is 5.82 Å². The molecular weight excluding hydrogens is 357 g/mol. The number of pyridine rings is 1. The van der Waals surface area contributed by atoms with Crippen LogP contribution in [-0.2, 0) is 0 Å². The van der Waals surface area contributed by atoms with Gasteiger partial charge in [0.1, 0.15) is 11.4 Å². The summed E-state index contributed by atoms with van der Waals surface area (Å²) in [5.41, 5.74) is 0.260. The van der Waals surface area contributed by atoms with Gasteiger partial charge in [-0.3, -0.25) is 4.79 Å². The molecule has 3 heterocycles. The van der Waals surface area contributed by atoms with Crippen LogP contribution in [0.25, 0.3) is 10.9 Å². The van der Waals surface area contributed by atoms with Crippen molar-refractivity contribution in [1.29, 1.82) is 0 Å². The Hall–Kier alpha value is -2.06. The molecule has 6 nitrogen and oxygen atoms in total. The Kier molecular flexibility index (Phi) is 4.19. The second-order valence-electron chi connectivity index (χ2n) is 6.97. The van der Waals surface area contributed by atoms with Gasteiger partial charge in [-0.25, -0.2) is 9.18 Å². The monoisotopic (exact) mass is 377 g/mol. The van der Waals surface area contributed by atoms with Crippen molar-refractivity contribution in [2.24, 2.45) is 0 Å². The van der Waals surface area contributed by atoms with Crippen molar-refractivity contribution in [3.05, 3.63) is 33.9 Å². The summed E-state index contributed by atoms with van der Waals surface area (Å²) in [7, 11) is 2.04. The molecule has 2 aromatic rings. The number of thioether (sulfide) groups is 1. The van der Waals surface area contributed by atoms with Crippen LogP contribution in [0.5, 0.6) is 0 Å². The first kappa shape index (κ1) is 17.4. The molecule has 2 aliphatic heterocycles. The highest BCUT2D eigenvalue weighted by Gasteiger charge is 2.30. The molecule has 0 saturated carbocycles. The lowest BCUT2D eigenvalue weighted by Gasteiger charge is -2.37. The Morgan fingerprint density at radius 3 is 2.65 bits per heavy atom. The largest absolute Gasteiger partial charge is 0.477 e. The smallest absolute Gasteiger partial charge is 0.341 e. The molecule has 0 unspecified atom stereocenters. The number of anilines is 1. The number of nitrogens with zero attached hydrogens (tertiary/aromatic N) is 3. The zero-order chi connectivity index (χ0) is 18.6. The highest BCUT2D eigenvalue weighted by Crippen LogP contribution is 2.43. The van der Waals surface area contributed by atoms with Gasteiger partial charge in [0.25, 0.3) is 0 Å². The maximum atomic E-state index is 15.1. The number of carbonyl (C=O) groups is 1. The number of aromatic nitrogens is 1. The molecule has 2 aliphatic rings. The summed E-state index contributed by atoms with van der Waals surface area (Å²) in [5, 5.41) is 9.49. The minimum Gasteiger partial charge on any atom is -0.477 e. The minimum atomic E-state index is -1.28. The molecule has 0 spiro atoms. The highest BCUT2D eigenvalue weighted by molar-refractivity contribution is 7.99. The third-order valence-corrected chi connectivity index (χ3v) is 6.52. The summed E-state index contributed by atoms with van der Waals surface area (Å²) >= 11 is 1.55. The zero-order valence-electron chi connectivity index (χ0n) is 14.7. The lowest BCUT2D eigenvalue weighted by molar-refractivity contribution is 0.0694. The van der Waals surface area contributed by atoms with Crippen molar-refractivity contribution in [2.45, 2.75) is 17.9 Å². The van der Waals surface area contributed by atoms with Gasteiger partial charge in [-0.15, -0.1) is 11.8 Å². The molecular formula is C18H20FN3O3S. The molecule has 0 amide bonds. The summed E-state index contributed by atoms with van der Waals surface area (Å²) in [4.78, 5) is 29.0. The molecule has 1 saturated heterocycles. The van der Waals surface area contributed by atoms with E-state index in [0.29, 0.717) is 17.0 Å². The number of piperazine rings is 1. The number of likely N-dealkylation sites (N-methyl/N-ethyl adjacent to an activating group) is 1. The minimum absolute atomic E-state index is 0.0273. The molecule has 0 aliphatic carbocycles. The Balaban J connectivity index is 2.00. The van der Waals surface area contributed by atoms with Crippen molar-refractivity contribution in [3.8, 4) is 0 Å². The molecule has 1 fully saturated rings. The molecule has 26 heavy (non-hydrogen) atoms. The van der Waals surface area contributed by atoms with Crippen LogP contribution < -0.4 is 10.3 Å². The number of aromatic carboxylic acids is 1. The quantitative estimate of drug-likeness (QED) is 0.866.